The molecule has 0 spiro atoms. The van der Waals surface area contributed by atoms with Crippen LogP contribution in [0, 0.1) is 0 Å². The van der Waals surface area contributed by atoms with Crippen molar-refractivity contribution in [2.75, 3.05) is 26.8 Å². The minimum atomic E-state index is -3.59. The van der Waals surface area contributed by atoms with E-state index >= 15 is 0 Å². The third kappa shape index (κ3) is 3.42. The van der Waals surface area contributed by atoms with Crippen LogP contribution in [-0.2, 0) is 14.8 Å². The number of methoxy groups -OCH3 is 1. The van der Waals surface area contributed by atoms with E-state index in [2.05, 4.69) is 0 Å². The Kier molecular flexibility index (Phi) is 5.10. The van der Waals surface area contributed by atoms with Gasteiger partial charge >= 0.3 is 0 Å². The van der Waals surface area contributed by atoms with Crippen molar-refractivity contribution in [3.63, 3.8) is 0 Å². The predicted octanol–water partition coefficient (Wildman–Crippen LogP) is 3.11. The first-order chi connectivity index (χ1) is 11.5. The fraction of sp³-hybridized carbons (Fsp3) is 0.294. The van der Waals surface area contributed by atoms with Crippen LogP contribution in [0.15, 0.2) is 53.4 Å². The highest BCUT2D eigenvalue weighted by Gasteiger charge is 2.32. The molecule has 0 radical (unpaired) electrons. The predicted molar refractivity (Wildman–Crippen MR) is 91.9 cm³/mol. The fourth-order valence-electron chi connectivity index (χ4n) is 2.67. The molecule has 0 aromatic heterocycles. The summed E-state index contributed by atoms with van der Waals surface area (Å²) in [5, 5.41) is 0.575. The minimum absolute atomic E-state index is 0.234. The molecule has 1 heterocycles. The minimum Gasteiger partial charge on any atom is -0.497 e. The number of hydrogen-bond donors (Lipinski definition) is 0. The number of hydrogen-bond acceptors (Lipinski definition) is 4. The Morgan fingerprint density at radius 2 is 1.88 bits per heavy atom. The third-order valence-corrected chi connectivity index (χ3v) is 6.20. The molecule has 0 bridgehead atoms. The van der Waals surface area contributed by atoms with Gasteiger partial charge in [0.05, 0.1) is 24.7 Å². The standard InChI is InChI=1S/C17H18ClNO4S/c1-22-13-6-8-14(9-7-13)24(20,21)19-10-11-23-17(12-19)15-4-2-3-5-16(15)18/h2-9,17H,10-12H2,1H3. The maximum atomic E-state index is 12.8. The van der Waals surface area contributed by atoms with Crippen LogP contribution in [0.2, 0.25) is 5.02 Å². The summed E-state index contributed by atoms with van der Waals surface area (Å²) in [6.45, 7) is 0.874. The first kappa shape index (κ1) is 17.2. The van der Waals surface area contributed by atoms with Gasteiger partial charge in [-0.15, -0.1) is 0 Å². The van der Waals surface area contributed by atoms with Crippen molar-refractivity contribution >= 4 is 21.6 Å². The zero-order valence-corrected chi connectivity index (χ0v) is 14.8. The Balaban J connectivity index is 1.84. The quantitative estimate of drug-likeness (QED) is 0.833. The summed E-state index contributed by atoms with van der Waals surface area (Å²) in [5.74, 6) is 0.616. The molecule has 3 rings (SSSR count). The van der Waals surface area contributed by atoms with E-state index in [-0.39, 0.29) is 17.5 Å². The Labute approximate surface area is 146 Å². The molecule has 0 amide bonds. The summed E-state index contributed by atoms with van der Waals surface area (Å²) in [4.78, 5) is 0.239. The van der Waals surface area contributed by atoms with Crippen LogP contribution in [0.4, 0.5) is 0 Å². The molecule has 1 saturated heterocycles. The molecule has 5 nitrogen and oxygen atoms in total. The van der Waals surface area contributed by atoms with Gasteiger partial charge in [-0.3, -0.25) is 0 Å². The van der Waals surface area contributed by atoms with E-state index in [1.54, 1.807) is 37.4 Å². The van der Waals surface area contributed by atoms with E-state index in [4.69, 9.17) is 21.1 Å². The molecule has 1 aliphatic heterocycles. The monoisotopic (exact) mass is 367 g/mol. The second-order valence-electron chi connectivity index (χ2n) is 5.42. The molecule has 0 N–H and O–H groups in total. The maximum Gasteiger partial charge on any atom is 0.243 e. The van der Waals surface area contributed by atoms with E-state index in [0.717, 1.165) is 5.56 Å². The van der Waals surface area contributed by atoms with Gasteiger partial charge in [0.2, 0.25) is 10.0 Å². The van der Waals surface area contributed by atoms with Crippen molar-refractivity contribution in [2.45, 2.75) is 11.0 Å². The smallest absolute Gasteiger partial charge is 0.243 e. The van der Waals surface area contributed by atoms with Crippen molar-refractivity contribution < 1.29 is 17.9 Å². The topological polar surface area (TPSA) is 55.8 Å². The highest BCUT2D eigenvalue weighted by Crippen LogP contribution is 2.30. The van der Waals surface area contributed by atoms with Crippen LogP contribution < -0.4 is 4.74 Å². The van der Waals surface area contributed by atoms with Gasteiger partial charge in [0.1, 0.15) is 5.75 Å². The molecular formula is C17H18ClNO4S. The Hall–Kier alpha value is -1.60. The molecule has 128 valence electrons. The molecule has 2 aromatic carbocycles. The van der Waals surface area contributed by atoms with E-state index in [1.165, 1.54) is 4.31 Å². The van der Waals surface area contributed by atoms with Gasteiger partial charge in [-0.2, -0.15) is 4.31 Å². The van der Waals surface area contributed by atoms with Crippen LogP contribution in [0.5, 0.6) is 5.75 Å². The summed E-state index contributed by atoms with van der Waals surface area (Å²) >= 11 is 6.21. The number of rotatable bonds is 4. The molecule has 0 saturated carbocycles. The van der Waals surface area contributed by atoms with Crippen LogP contribution in [0.25, 0.3) is 0 Å². The number of ether oxygens (including phenoxy) is 2. The lowest BCUT2D eigenvalue weighted by Crippen LogP contribution is -2.42. The highest BCUT2D eigenvalue weighted by atomic mass is 35.5. The second kappa shape index (κ2) is 7.11. The summed E-state index contributed by atoms with van der Waals surface area (Å²) in [5.41, 5.74) is 0.800. The van der Waals surface area contributed by atoms with Crippen LogP contribution in [0.1, 0.15) is 11.7 Å². The number of benzene rings is 2. The Bertz CT molecular complexity index is 808. The zero-order chi connectivity index (χ0) is 17.2. The first-order valence-corrected chi connectivity index (χ1v) is 9.34. The molecule has 0 aliphatic carbocycles. The summed E-state index contributed by atoms with van der Waals surface area (Å²) in [6.07, 6.45) is -0.375. The maximum absolute atomic E-state index is 12.8. The van der Waals surface area contributed by atoms with Crippen molar-refractivity contribution in [3.8, 4) is 5.75 Å². The van der Waals surface area contributed by atoms with Crippen molar-refractivity contribution in [1.29, 1.82) is 0 Å². The van der Waals surface area contributed by atoms with Crippen LogP contribution in [-0.4, -0.2) is 39.5 Å². The molecule has 1 fully saturated rings. The zero-order valence-electron chi connectivity index (χ0n) is 13.2. The molecular weight excluding hydrogens is 350 g/mol. The Morgan fingerprint density at radius 3 is 2.54 bits per heavy atom. The van der Waals surface area contributed by atoms with E-state index in [1.807, 2.05) is 18.2 Å². The van der Waals surface area contributed by atoms with Gasteiger partial charge in [-0.05, 0) is 30.3 Å². The van der Waals surface area contributed by atoms with Crippen molar-refractivity contribution in [3.05, 3.63) is 59.1 Å². The normalized spacial score (nSPS) is 19.2. The summed E-state index contributed by atoms with van der Waals surface area (Å²) < 4.78 is 37.9. The van der Waals surface area contributed by atoms with E-state index < -0.39 is 10.0 Å². The first-order valence-electron chi connectivity index (χ1n) is 7.52. The molecule has 1 aliphatic rings. The Morgan fingerprint density at radius 1 is 1.17 bits per heavy atom. The fourth-order valence-corrected chi connectivity index (χ4v) is 4.35. The van der Waals surface area contributed by atoms with Crippen LogP contribution >= 0.6 is 11.6 Å². The van der Waals surface area contributed by atoms with Crippen LogP contribution in [0.3, 0.4) is 0 Å². The van der Waals surface area contributed by atoms with Gasteiger partial charge in [0.15, 0.2) is 0 Å². The van der Waals surface area contributed by atoms with E-state index in [9.17, 15) is 8.42 Å². The van der Waals surface area contributed by atoms with Gasteiger partial charge < -0.3 is 9.47 Å². The SMILES string of the molecule is COc1ccc(S(=O)(=O)N2CCOC(c3ccccc3Cl)C2)cc1. The molecule has 1 unspecified atom stereocenters. The van der Waals surface area contributed by atoms with E-state index in [0.29, 0.717) is 23.9 Å². The second-order valence-corrected chi connectivity index (χ2v) is 7.76. The molecule has 2 aromatic rings. The lowest BCUT2D eigenvalue weighted by molar-refractivity contribution is -0.00249. The largest absolute Gasteiger partial charge is 0.497 e. The lowest BCUT2D eigenvalue weighted by atomic mass is 10.1. The third-order valence-electron chi connectivity index (χ3n) is 3.98. The number of morpholine rings is 1. The molecule has 7 heteroatoms. The average Bonchev–Trinajstić information content (AvgIpc) is 2.62. The molecule has 24 heavy (non-hydrogen) atoms. The number of halogens is 1. The van der Waals surface area contributed by atoms with Crippen molar-refractivity contribution in [1.82, 2.24) is 4.31 Å². The number of nitrogens with zero attached hydrogens (tertiary/aromatic N) is 1. The van der Waals surface area contributed by atoms with Gasteiger partial charge in [0, 0.05) is 23.7 Å². The highest BCUT2D eigenvalue weighted by molar-refractivity contribution is 7.89. The van der Waals surface area contributed by atoms with Gasteiger partial charge in [-0.25, -0.2) is 8.42 Å². The van der Waals surface area contributed by atoms with Crippen molar-refractivity contribution in [2.24, 2.45) is 0 Å². The summed E-state index contributed by atoms with van der Waals surface area (Å²) in [7, 11) is -2.04. The summed E-state index contributed by atoms with van der Waals surface area (Å²) in [6, 6.07) is 13.7. The lowest BCUT2D eigenvalue weighted by Gasteiger charge is -2.32. The average molecular weight is 368 g/mol. The van der Waals surface area contributed by atoms with Gasteiger partial charge in [-0.1, -0.05) is 29.8 Å². The van der Waals surface area contributed by atoms with Gasteiger partial charge in [0.25, 0.3) is 0 Å². The number of sulfonamides is 1. The molecule has 1 atom stereocenters.